The minimum atomic E-state index is -1.18. The van der Waals surface area contributed by atoms with Gasteiger partial charge in [-0.3, -0.25) is 24.0 Å². The minimum Gasteiger partial charge on any atom is -0.481 e. The summed E-state index contributed by atoms with van der Waals surface area (Å²) in [4.78, 5) is 70.7. The molecule has 0 heterocycles. The Morgan fingerprint density at radius 1 is 0.500 bits per heavy atom. The van der Waals surface area contributed by atoms with Crippen LogP contribution in [0.3, 0.4) is 0 Å². The third kappa shape index (κ3) is 35.5. The van der Waals surface area contributed by atoms with Gasteiger partial charge in [0.25, 0.3) is 0 Å². The van der Waals surface area contributed by atoms with Crippen molar-refractivity contribution in [2.45, 2.75) is 148 Å². The number of benzene rings is 1. The van der Waals surface area contributed by atoms with Crippen molar-refractivity contribution in [2.24, 2.45) is 5.92 Å². The third-order valence-electron chi connectivity index (χ3n) is 9.84. The minimum absolute atomic E-state index is 0.0213. The standard InChI is InChI=1S/C46H78N4O12/c1-37(2)33-38-19-21-39(22-20-38)34-49-44(54)36-62-32-30-60-28-26-48-43(53)35-61-31-29-59-27-25-47-41(51)24-23-40(46(57)58)50-42(52)17-15-13-11-9-7-5-3-4-6-8-10-12-14-16-18-45(55)56/h19-22,37,40H,3-18,23-36H2,1-2H3,(H,47,51)(H,48,53)(H,49,54)(H,50,52)(H,55,56)(H,57,58)/t40-/m0/s1. The number of ether oxygens (including phenoxy) is 4. The number of amides is 4. The fourth-order valence-corrected chi connectivity index (χ4v) is 6.43. The summed E-state index contributed by atoms with van der Waals surface area (Å²) in [5, 5.41) is 28.9. The van der Waals surface area contributed by atoms with E-state index in [-0.39, 0.29) is 109 Å². The molecule has 0 saturated carbocycles. The van der Waals surface area contributed by atoms with Gasteiger partial charge in [-0.1, -0.05) is 115 Å². The van der Waals surface area contributed by atoms with Crippen LogP contribution in [0, 0.1) is 5.92 Å². The van der Waals surface area contributed by atoms with Gasteiger partial charge in [0.2, 0.25) is 23.6 Å². The second-order valence-electron chi connectivity index (χ2n) is 16.1. The number of carbonyl (C=O) groups excluding carboxylic acids is 4. The Bertz CT molecular complexity index is 1360. The van der Waals surface area contributed by atoms with E-state index in [4.69, 9.17) is 24.1 Å². The highest BCUT2D eigenvalue weighted by Gasteiger charge is 2.21. The van der Waals surface area contributed by atoms with Crippen LogP contribution < -0.4 is 21.3 Å². The molecule has 62 heavy (non-hydrogen) atoms. The lowest BCUT2D eigenvalue weighted by Crippen LogP contribution is -2.41. The van der Waals surface area contributed by atoms with E-state index in [0.717, 1.165) is 50.5 Å². The number of carbonyl (C=O) groups is 6. The zero-order valence-corrected chi connectivity index (χ0v) is 37.7. The lowest BCUT2D eigenvalue weighted by molar-refractivity contribution is -0.142. The van der Waals surface area contributed by atoms with Crippen molar-refractivity contribution in [2.75, 3.05) is 65.9 Å². The molecule has 0 aromatic heterocycles. The van der Waals surface area contributed by atoms with E-state index in [2.05, 4.69) is 47.2 Å². The molecule has 0 radical (unpaired) electrons. The van der Waals surface area contributed by atoms with E-state index in [1.807, 2.05) is 12.1 Å². The monoisotopic (exact) mass is 879 g/mol. The molecule has 0 unspecified atom stereocenters. The van der Waals surface area contributed by atoms with Crippen LogP contribution in [0.5, 0.6) is 0 Å². The molecule has 6 N–H and O–H groups in total. The second-order valence-corrected chi connectivity index (χ2v) is 16.1. The molecule has 0 fully saturated rings. The van der Waals surface area contributed by atoms with E-state index in [1.165, 1.54) is 50.5 Å². The molecule has 0 aliphatic carbocycles. The zero-order valence-electron chi connectivity index (χ0n) is 37.7. The molecule has 1 aromatic rings. The maximum Gasteiger partial charge on any atom is 0.326 e. The van der Waals surface area contributed by atoms with Crippen molar-refractivity contribution in [1.82, 2.24) is 21.3 Å². The summed E-state index contributed by atoms with van der Waals surface area (Å²) in [6, 6.07) is 7.08. The van der Waals surface area contributed by atoms with Gasteiger partial charge in [-0.15, -0.1) is 0 Å². The van der Waals surface area contributed by atoms with Gasteiger partial charge in [0.1, 0.15) is 19.3 Å². The van der Waals surface area contributed by atoms with Crippen LogP contribution in [0.2, 0.25) is 0 Å². The summed E-state index contributed by atoms with van der Waals surface area (Å²) in [5.74, 6) is -2.48. The van der Waals surface area contributed by atoms with Crippen molar-refractivity contribution in [3.8, 4) is 0 Å². The summed E-state index contributed by atoms with van der Waals surface area (Å²) in [5.41, 5.74) is 2.30. The summed E-state index contributed by atoms with van der Waals surface area (Å²) in [6.45, 7) is 6.50. The van der Waals surface area contributed by atoms with Crippen molar-refractivity contribution in [3.05, 3.63) is 35.4 Å². The van der Waals surface area contributed by atoms with Gasteiger partial charge < -0.3 is 50.4 Å². The number of aliphatic carboxylic acids is 2. The Kier molecular flexibility index (Phi) is 34.8. The molecule has 1 atom stereocenters. The van der Waals surface area contributed by atoms with Crippen LogP contribution in [0.1, 0.15) is 141 Å². The Morgan fingerprint density at radius 3 is 1.42 bits per heavy atom. The van der Waals surface area contributed by atoms with Crippen molar-refractivity contribution in [1.29, 1.82) is 0 Å². The fourth-order valence-electron chi connectivity index (χ4n) is 6.43. The number of hydrogen-bond donors (Lipinski definition) is 6. The molecule has 0 aliphatic rings. The topological polar surface area (TPSA) is 228 Å². The van der Waals surface area contributed by atoms with Crippen LogP contribution in [0.15, 0.2) is 24.3 Å². The molecule has 1 aromatic carbocycles. The lowest BCUT2D eigenvalue weighted by atomic mass is 10.0. The Morgan fingerprint density at radius 2 is 0.935 bits per heavy atom. The van der Waals surface area contributed by atoms with Gasteiger partial charge >= 0.3 is 11.9 Å². The first-order valence-corrected chi connectivity index (χ1v) is 22.9. The molecule has 16 heteroatoms. The highest BCUT2D eigenvalue weighted by Crippen LogP contribution is 2.14. The van der Waals surface area contributed by atoms with Crippen molar-refractivity contribution in [3.63, 3.8) is 0 Å². The van der Waals surface area contributed by atoms with Crippen LogP contribution in [-0.2, 0) is 60.7 Å². The van der Waals surface area contributed by atoms with Crippen molar-refractivity contribution < 1.29 is 57.9 Å². The SMILES string of the molecule is CC(C)Cc1ccc(CNC(=O)COCCOCCNC(=O)COCCOCCNC(=O)CC[C@H](NC(=O)CCCCCCCCCCCCCCCCC(=O)O)C(=O)O)cc1. The van der Waals surface area contributed by atoms with Crippen LogP contribution >= 0.6 is 0 Å². The maximum atomic E-state index is 12.3. The normalized spacial score (nSPS) is 11.6. The first-order valence-electron chi connectivity index (χ1n) is 22.9. The predicted molar refractivity (Wildman–Crippen MR) is 236 cm³/mol. The van der Waals surface area contributed by atoms with Gasteiger partial charge in [0.15, 0.2) is 0 Å². The highest BCUT2D eigenvalue weighted by molar-refractivity contribution is 5.84. The van der Waals surface area contributed by atoms with E-state index in [9.17, 15) is 33.9 Å². The molecule has 0 saturated heterocycles. The molecular weight excluding hydrogens is 801 g/mol. The second kappa shape index (κ2) is 38.5. The largest absolute Gasteiger partial charge is 0.481 e. The molecule has 4 amide bonds. The lowest BCUT2D eigenvalue weighted by Gasteiger charge is -2.14. The summed E-state index contributed by atoms with van der Waals surface area (Å²) in [7, 11) is 0. The Balaban J connectivity index is 1.92. The predicted octanol–water partition coefficient (Wildman–Crippen LogP) is 5.48. The Hall–Kier alpha value is -4.12. The van der Waals surface area contributed by atoms with E-state index in [0.29, 0.717) is 25.4 Å². The first kappa shape index (κ1) is 55.9. The van der Waals surface area contributed by atoms with Gasteiger partial charge in [-0.25, -0.2) is 4.79 Å². The fraction of sp³-hybridized carbons (Fsp3) is 0.739. The molecular formula is C46H78N4O12. The number of rotatable bonds is 42. The van der Waals surface area contributed by atoms with Gasteiger partial charge in [0.05, 0.1) is 39.6 Å². The smallest absolute Gasteiger partial charge is 0.326 e. The van der Waals surface area contributed by atoms with Crippen LogP contribution in [0.25, 0.3) is 0 Å². The van der Waals surface area contributed by atoms with Gasteiger partial charge in [0, 0.05) is 38.9 Å². The average Bonchev–Trinajstić information content (AvgIpc) is 3.23. The number of nitrogens with one attached hydrogen (secondary N) is 4. The van der Waals surface area contributed by atoms with Gasteiger partial charge in [-0.05, 0) is 42.7 Å². The number of unbranched alkanes of at least 4 members (excludes halogenated alkanes) is 13. The summed E-state index contributed by atoms with van der Waals surface area (Å²) in [6.07, 6.45) is 16.6. The summed E-state index contributed by atoms with van der Waals surface area (Å²) >= 11 is 0. The molecule has 0 spiro atoms. The quantitative estimate of drug-likeness (QED) is 0.0449. The van der Waals surface area contributed by atoms with Crippen LogP contribution in [0.4, 0.5) is 0 Å². The number of hydrogen-bond acceptors (Lipinski definition) is 10. The van der Waals surface area contributed by atoms with Crippen molar-refractivity contribution >= 4 is 35.6 Å². The third-order valence-corrected chi connectivity index (χ3v) is 9.84. The molecule has 16 nitrogen and oxygen atoms in total. The maximum absolute atomic E-state index is 12.3. The zero-order chi connectivity index (χ0) is 45.5. The number of carboxylic acids is 2. The average molecular weight is 879 g/mol. The number of carboxylic acid groups (broad SMARTS) is 2. The van der Waals surface area contributed by atoms with E-state index < -0.39 is 18.0 Å². The summed E-state index contributed by atoms with van der Waals surface area (Å²) < 4.78 is 21.5. The highest BCUT2D eigenvalue weighted by atomic mass is 16.5. The van der Waals surface area contributed by atoms with E-state index >= 15 is 0 Å². The molecule has 354 valence electrons. The van der Waals surface area contributed by atoms with E-state index in [1.54, 1.807) is 0 Å². The van der Waals surface area contributed by atoms with Gasteiger partial charge in [-0.2, -0.15) is 0 Å². The molecule has 0 aliphatic heterocycles. The Labute approximate surface area is 369 Å². The first-order chi connectivity index (χ1) is 30.0. The molecule has 0 bridgehead atoms. The molecule has 1 rings (SSSR count). The van der Waals surface area contributed by atoms with Crippen LogP contribution in [-0.4, -0.2) is 118 Å².